The topological polar surface area (TPSA) is 88.8 Å². The van der Waals surface area contributed by atoms with Crippen molar-refractivity contribution in [2.45, 2.75) is 57.9 Å². The molecule has 2 aromatic rings. The molecular formula is C25H30N2O5. The highest BCUT2D eigenvalue weighted by atomic mass is 16.5. The van der Waals surface area contributed by atoms with Crippen LogP contribution in [0, 0.1) is 0 Å². The summed E-state index contributed by atoms with van der Waals surface area (Å²) in [6.45, 7) is 3.76. The van der Waals surface area contributed by atoms with Crippen molar-refractivity contribution in [2.75, 3.05) is 20.2 Å². The van der Waals surface area contributed by atoms with E-state index >= 15 is 0 Å². The third kappa shape index (κ3) is 4.16. The summed E-state index contributed by atoms with van der Waals surface area (Å²) >= 11 is 0. The molecule has 4 rings (SSSR count). The van der Waals surface area contributed by atoms with Crippen molar-refractivity contribution in [3.63, 3.8) is 0 Å². The maximum Gasteiger partial charge on any atom is 0.341 e. The summed E-state index contributed by atoms with van der Waals surface area (Å²) in [5, 5.41) is 9.37. The fourth-order valence-electron chi connectivity index (χ4n) is 4.95. The van der Waals surface area contributed by atoms with Crippen LogP contribution in [0.15, 0.2) is 29.2 Å². The number of fused-ring (bicyclic) bond motifs is 3. The number of carbonyl (C=O) groups excluding carboxylic acids is 1. The smallest absolute Gasteiger partial charge is 0.341 e. The lowest BCUT2D eigenvalue weighted by atomic mass is 9.88. The number of amides is 1. The zero-order valence-electron chi connectivity index (χ0n) is 18.7. The summed E-state index contributed by atoms with van der Waals surface area (Å²) in [7, 11) is 1.65. The van der Waals surface area contributed by atoms with Crippen LogP contribution >= 0.6 is 0 Å². The second-order valence-corrected chi connectivity index (χ2v) is 8.68. The Morgan fingerprint density at radius 1 is 1.22 bits per heavy atom. The zero-order chi connectivity index (χ0) is 22.8. The first-order chi connectivity index (χ1) is 15.4. The number of nitrogens with zero attached hydrogens (tertiary/aromatic N) is 2. The maximum absolute atomic E-state index is 12.4. The second kappa shape index (κ2) is 9.18. The summed E-state index contributed by atoms with van der Waals surface area (Å²) in [6, 6.07) is 5.69. The lowest BCUT2D eigenvalue weighted by Gasteiger charge is -2.31. The molecular weight excluding hydrogens is 408 g/mol. The molecule has 2 aliphatic rings. The molecule has 1 aromatic carbocycles. The number of aryl methyl sites for hydroxylation is 1. The van der Waals surface area contributed by atoms with Crippen molar-refractivity contribution in [1.29, 1.82) is 0 Å². The van der Waals surface area contributed by atoms with E-state index in [4.69, 9.17) is 4.74 Å². The highest BCUT2D eigenvalue weighted by Gasteiger charge is 2.26. The number of carbonyl (C=O) groups is 2. The Kier molecular flexibility index (Phi) is 6.35. The van der Waals surface area contributed by atoms with Crippen molar-refractivity contribution in [1.82, 2.24) is 9.47 Å². The van der Waals surface area contributed by atoms with Crippen molar-refractivity contribution in [3.8, 4) is 17.0 Å². The number of rotatable bonds is 8. The summed E-state index contributed by atoms with van der Waals surface area (Å²) in [4.78, 5) is 37.6. The van der Waals surface area contributed by atoms with Gasteiger partial charge in [0.25, 0.3) is 0 Å². The van der Waals surface area contributed by atoms with Crippen molar-refractivity contribution >= 4 is 11.9 Å². The van der Waals surface area contributed by atoms with Crippen LogP contribution in [0.2, 0.25) is 0 Å². The minimum absolute atomic E-state index is 0.0959. The molecule has 170 valence electrons. The van der Waals surface area contributed by atoms with Gasteiger partial charge in [-0.25, -0.2) is 4.79 Å². The van der Waals surface area contributed by atoms with Gasteiger partial charge in [0.2, 0.25) is 5.91 Å². The number of carboxylic acid groups (broad SMARTS) is 1. The predicted octanol–water partition coefficient (Wildman–Crippen LogP) is 3.67. The Morgan fingerprint density at radius 2 is 2.03 bits per heavy atom. The first kappa shape index (κ1) is 22.1. The lowest BCUT2D eigenvalue weighted by Crippen LogP contribution is -2.25. The number of ether oxygens (including phenoxy) is 1. The van der Waals surface area contributed by atoms with Gasteiger partial charge in [0, 0.05) is 43.4 Å². The Hall–Kier alpha value is -3.09. The largest absolute Gasteiger partial charge is 0.496 e. The van der Waals surface area contributed by atoms with Crippen LogP contribution < -0.4 is 10.2 Å². The van der Waals surface area contributed by atoms with Crippen LogP contribution in [0.25, 0.3) is 11.3 Å². The Bertz CT molecular complexity index is 1100. The van der Waals surface area contributed by atoms with E-state index < -0.39 is 11.4 Å². The van der Waals surface area contributed by atoms with Gasteiger partial charge in [0.15, 0.2) is 5.43 Å². The zero-order valence-corrected chi connectivity index (χ0v) is 18.7. The molecule has 1 amide bonds. The highest BCUT2D eigenvalue weighted by molar-refractivity contribution is 5.87. The molecule has 32 heavy (non-hydrogen) atoms. The number of hydrogen-bond donors (Lipinski definition) is 1. The van der Waals surface area contributed by atoms with E-state index in [1.807, 2.05) is 15.5 Å². The molecule has 3 heterocycles. The molecule has 1 fully saturated rings. The van der Waals surface area contributed by atoms with Gasteiger partial charge >= 0.3 is 5.97 Å². The fraction of sp³-hybridized carbons (Fsp3) is 0.480. The fourth-order valence-corrected chi connectivity index (χ4v) is 4.95. The molecule has 1 atom stereocenters. The van der Waals surface area contributed by atoms with Gasteiger partial charge < -0.3 is 19.3 Å². The van der Waals surface area contributed by atoms with Crippen LogP contribution in [-0.2, 0) is 17.6 Å². The molecule has 0 radical (unpaired) electrons. The quantitative estimate of drug-likeness (QED) is 0.635. The molecule has 1 aromatic heterocycles. The second-order valence-electron chi connectivity index (χ2n) is 8.68. The average molecular weight is 439 g/mol. The number of unbranched alkanes of at least 4 members (excludes halogenated alkanes) is 1. The molecule has 0 saturated carbocycles. The van der Waals surface area contributed by atoms with Crippen molar-refractivity contribution < 1.29 is 19.4 Å². The van der Waals surface area contributed by atoms with E-state index in [1.54, 1.807) is 7.11 Å². The Balaban J connectivity index is 1.60. The molecule has 1 N–H and O–H groups in total. The van der Waals surface area contributed by atoms with Gasteiger partial charge in [-0.05, 0) is 55.7 Å². The predicted molar refractivity (Wildman–Crippen MR) is 121 cm³/mol. The summed E-state index contributed by atoms with van der Waals surface area (Å²) in [5.41, 5.74) is 3.27. The Morgan fingerprint density at radius 3 is 2.69 bits per heavy atom. The number of hydrogen-bond acceptors (Lipinski definition) is 4. The Labute approximate surface area is 187 Å². The van der Waals surface area contributed by atoms with E-state index in [-0.39, 0.29) is 17.5 Å². The van der Waals surface area contributed by atoms with E-state index in [2.05, 4.69) is 13.0 Å². The van der Waals surface area contributed by atoms with Crippen LogP contribution in [0.3, 0.4) is 0 Å². The minimum Gasteiger partial charge on any atom is -0.496 e. The van der Waals surface area contributed by atoms with E-state index in [1.165, 1.54) is 12.3 Å². The first-order valence-electron chi connectivity index (χ1n) is 11.4. The molecule has 7 nitrogen and oxygen atoms in total. The highest BCUT2D eigenvalue weighted by Crippen LogP contribution is 2.39. The number of methoxy groups -OCH3 is 1. The van der Waals surface area contributed by atoms with E-state index in [9.17, 15) is 19.5 Å². The molecule has 0 bridgehead atoms. The first-order valence-corrected chi connectivity index (χ1v) is 11.4. The van der Waals surface area contributed by atoms with Crippen molar-refractivity contribution in [2.24, 2.45) is 0 Å². The molecule has 7 heteroatoms. The maximum atomic E-state index is 12.4. The average Bonchev–Trinajstić information content (AvgIpc) is 3.19. The lowest BCUT2D eigenvalue weighted by molar-refractivity contribution is -0.127. The summed E-state index contributed by atoms with van der Waals surface area (Å²) < 4.78 is 7.60. The standard InChI is InChI=1S/C25H30N2O5/c1-3-18-12-17-11-16(7-4-5-9-26-10-6-8-24(26)29)23(32-2)13-19(17)21-14-22(28)20(25(30)31)15-27(18)21/h11,13-15,18H,3-10,12H2,1-2H3,(H,30,31). The monoisotopic (exact) mass is 438 g/mol. The van der Waals surface area contributed by atoms with Crippen LogP contribution in [0.1, 0.15) is 66.6 Å². The molecule has 0 aliphatic carbocycles. The normalized spacial score (nSPS) is 17.2. The third-order valence-corrected chi connectivity index (χ3v) is 6.71. The number of aromatic nitrogens is 1. The molecule has 1 unspecified atom stereocenters. The van der Waals surface area contributed by atoms with Gasteiger partial charge in [-0.3, -0.25) is 9.59 Å². The van der Waals surface area contributed by atoms with E-state index in [0.717, 1.165) is 79.7 Å². The number of carboxylic acids is 1. The molecule has 1 saturated heterocycles. The molecule has 2 aliphatic heterocycles. The van der Waals surface area contributed by atoms with E-state index in [0.29, 0.717) is 6.42 Å². The van der Waals surface area contributed by atoms with Crippen molar-refractivity contribution in [3.05, 3.63) is 51.3 Å². The van der Waals surface area contributed by atoms with Gasteiger partial charge in [-0.1, -0.05) is 13.0 Å². The van der Waals surface area contributed by atoms with Crippen LogP contribution in [0.5, 0.6) is 5.75 Å². The van der Waals surface area contributed by atoms with Crippen LogP contribution in [0.4, 0.5) is 0 Å². The number of aromatic carboxylic acids is 1. The summed E-state index contributed by atoms with van der Waals surface area (Å²) in [6.07, 6.45) is 7.52. The van der Waals surface area contributed by atoms with Gasteiger partial charge in [0.1, 0.15) is 11.3 Å². The SMILES string of the molecule is CCC1Cc2cc(CCCCN3CCCC3=O)c(OC)cc2-c2cc(=O)c(C(=O)O)cn21. The van der Waals surface area contributed by atoms with Gasteiger partial charge in [-0.2, -0.15) is 0 Å². The molecule has 0 spiro atoms. The van der Waals surface area contributed by atoms with Crippen LogP contribution in [-0.4, -0.2) is 46.6 Å². The van der Waals surface area contributed by atoms with Gasteiger partial charge in [0.05, 0.1) is 12.8 Å². The number of pyridine rings is 1. The third-order valence-electron chi connectivity index (χ3n) is 6.71. The number of benzene rings is 1. The van der Waals surface area contributed by atoms with Gasteiger partial charge in [-0.15, -0.1) is 0 Å². The minimum atomic E-state index is -1.20. The number of likely N-dealkylation sites (tertiary alicyclic amines) is 1. The summed E-state index contributed by atoms with van der Waals surface area (Å²) in [5.74, 6) is -0.159.